The number of nitrogens with zero attached hydrogens (tertiary/aromatic N) is 1. The maximum atomic E-state index is 3.55. The standard InChI is InChI=1S/C29H46N2Si/c1-28(2,3)22-18-21(19-23(20-22)29(4,5)6)24-10-9-11-26-25(24)12-13-27(26)32(7,8)31-16-14-30-15-17-31/h9-11,18-20,25-27,30H,12-17H2,1-8H3. The lowest BCUT2D eigenvalue weighted by molar-refractivity contribution is 0.347. The quantitative estimate of drug-likeness (QED) is 0.513. The molecular formula is C29H46N2Si. The highest BCUT2D eigenvalue weighted by molar-refractivity contribution is 6.76. The minimum Gasteiger partial charge on any atom is -0.321 e. The Balaban J connectivity index is 1.67. The van der Waals surface area contributed by atoms with Crippen molar-refractivity contribution in [2.45, 2.75) is 83.8 Å². The first-order chi connectivity index (χ1) is 14.9. The smallest absolute Gasteiger partial charge is 0.126 e. The summed E-state index contributed by atoms with van der Waals surface area (Å²) in [6.07, 6.45) is 10.1. The van der Waals surface area contributed by atoms with Crippen molar-refractivity contribution in [1.82, 2.24) is 9.88 Å². The van der Waals surface area contributed by atoms with Gasteiger partial charge in [0.1, 0.15) is 8.24 Å². The first-order valence-corrected chi connectivity index (χ1v) is 15.9. The number of rotatable bonds is 3. The second-order valence-electron chi connectivity index (χ2n) is 13.1. The average Bonchev–Trinajstić information content (AvgIpc) is 3.18. The third kappa shape index (κ3) is 4.58. The van der Waals surface area contributed by atoms with Gasteiger partial charge in [-0.2, -0.15) is 0 Å². The van der Waals surface area contributed by atoms with Gasteiger partial charge in [0, 0.05) is 26.2 Å². The third-order valence-corrected chi connectivity index (χ3v) is 13.1. The molecule has 1 saturated carbocycles. The highest BCUT2D eigenvalue weighted by Crippen LogP contribution is 2.54. The van der Waals surface area contributed by atoms with Gasteiger partial charge in [-0.3, -0.25) is 0 Å². The van der Waals surface area contributed by atoms with E-state index >= 15 is 0 Å². The Hall–Kier alpha value is -1.16. The molecule has 32 heavy (non-hydrogen) atoms. The fraction of sp³-hybridized carbons (Fsp3) is 0.655. The van der Waals surface area contributed by atoms with Gasteiger partial charge in [0.2, 0.25) is 0 Å². The van der Waals surface area contributed by atoms with Crippen LogP contribution in [0, 0.1) is 11.8 Å². The summed E-state index contributed by atoms with van der Waals surface area (Å²) in [7, 11) is -1.47. The molecule has 1 aromatic rings. The predicted molar refractivity (Wildman–Crippen MR) is 143 cm³/mol. The Morgan fingerprint density at radius 1 is 0.875 bits per heavy atom. The van der Waals surface area contributed by atoms with E-state index in [4.69, 9.17) is 0 Å². The van der Waals surface area contributed by atoms with Gasteiger partial charge in [-0.05, 0) is 56.9 Å². The van der Waals surface area contributed by atoms with Crippen LogP contribution in [0.25, 0.3) is 5.57 Å². The van der Waals surface area contributed by atoms with Crippen LogP contribution in [-0.4, -0.2) is 39.0 Å². The summed E-state index contributed by atoms with van der Waals surface area (Å²) < 4.78 is 2.89. The Bertz CT molecular complexity index is 858. The number of piperazine rings is 1. The number of allylic oxidation sites excluding steroid dienone is 4. The molecule has 1 N–H and O–H groups in total. The van der Waals surface area contributed by atoms with Gasteiger partial charge in [0.15, 0.2) is 0 Å². The summed E-state index contributed by atoms with van der Waals surface area (Å²) in [5.41, 5.74) is 7.20. The lowest BCUT2D eigenvalue weighted by Crippen LogP contribution is -2.59. The largest absolute Gasteiger partial charge is 0.321 e. The van der Waals surface area contributed by atoms with Crippen LogP contribution in [-0.2, 0) is 10.8 Å². The molecule has 3 heteroatoms. The molecule has 3 unspecified atom stereocenters. The van der Waals surface area contributed by atoms with E-state index in [9.17, 15) is 0 Å². The molecule has 1 saturated heterocycles. The lowest BCUT2D eigenvalue weighted by Gasteiger charge is -2.45. The maximum Gasteiger partial charge on any atom is 0.126 e. The van der Waals surface area contributed by atoms with Crippen molar-refractivity contribution in [2.24, 2.45) is 11.8 Å². The summed E-state index contributed by atoms with van der Waals surface area (Å²) in [4.78, 5) is 0. The molecule has 176 valence electrons. The van der Waals surface area contributed by atoms with Gasteiger partial charge in [-0.25, -0.2) is 0 Å². The number of fused-ring (bicyclic) bond motifs is 1. The van der Waals surface area contributed by atoms with Crippen LogP contribution in [0.2, 0.25) is 18.6 Å². The van der Waals surface area contributed by atoms with Crippen LogP contribution >= 0.6 is 0 Å². The molecular weight excluding hydrogens is 404 g/mol. The Morgan fingerprint density at radius 2 is 1.47 bits per heavy atom. The molecule has 1 aromatic carbocycles. The Kier molecular flexibility index (Phi) is 6.41. The monoisotopic (exact) mass is 450 g/mol. The first kappa shape index (κ1) is 24.0. The van der Waals surface area contributed by atoms with Crippen LogP contribution in [0.5, 0.6) is 0 Å². The lowest BCUT2D eigenvalue weighted by atomic mass is 9.75. The molecule has 2 fully saturated rings. The van der Waals surface area contributed by atoms with Gasteiger partial charge in [-0.1, -0.05) is 97.5 Å². The van der Waals surface area contributed by atoms with Crippen molar-refractivity contribution in [2.75, 3.05) is 26.2 Å². The number of hydrogen-bond acceptors (Lipinski definition) is 2. The van der Waals surface area contributed by atoms with Crippen LogP contribution in [0.1, 0.15) is 71.1 Å². The van der Waals surface area contributed by atoms with E-state index in [0.29, 0.717) is 11.8 Å². The van der Waals surface area contributed by atoms with E-state index in [0.717, 1.165) is 18.6 Å². The summed E-state index contributed by atoms with van der Waals surface area (Å²) in [5.74, 6) is 1.39. The van der Waals surface area contributed by atoms with Crippen molar-refractivity contribution < 1.29 is 0 Å². The summed E-state index contributed by atoms with van der Waals surface area (Å²) >= 11 is 0. The molecule has 2 nitrogen and oxygen atoms in total. The third-order valence-electron chi connectivity index (χ3n) is 8.56. The van der Waals surface area contributed by atoms with Crippen LogP contribution in [0.4, 0.5) is 0 Å². The van der Waals surface area contributed by atoms with Crippen molar-refractivity contribution in [3.8, 4) is 0 Å². The molecule has 1 aliphatic heterocycles. The summed E-state index contributed by atoms with van der Waals surface area (Å²) in [6.45, 7) is 24.2. The van der Waals surface area contributed by atoms with E-state index in [1.54, 1.807) is 5.57 Å². The van der Waals surface area contributed by atoms with Crippen LogP contribution < -0.4 is 5.32 Å². The van der Waals surface area contributed by atoms with Crippen molar-refractivity contribution in [3.05, 3.63) is 53.1 Å². The minimum atomic E-state index is -1.47. The van der Waals surface area contributed by atoms with Gasteiger partial charge in [-0.15, -0.1) is 0 Å². The topological polar surface area (TPSA) is 15.3 Å². The average molecular weight is 451 g/mol. The zero-order chi connectivity index (χ0) is 23.3. The Morgan fingerprint density at radius 3 is 2.03 bits per heavy atom. The van der Waals surface area contributed by atoms with E-state index in [2.05, 4.69) is 101 Å². The summed E-state index contributed by atoms with van der Waals surface area (Å²) in [6, 6.07) is 7.46. The van der Waals surface area contributed by atoms with E-state index in [1.165, 1.54) is 42.6 Å². The van der Waals surface area contributed by atoms with Crippen LogP contribution in [0.15, 0.2) is 36.4 Å². The molecule has 1 heterocycles. The van der Waals surface area contributed by atoms with Crippen molar-refractivity contribution >= 4 is 13.8 Å². The number of hydrogen-bond donors (Lipinski definition) is 1. The summed E-state index contributed by atoms with van der Waals surface area (Å²) in [5, 5.41) is 3.55. The molecule has 0 spiro atoms. The molecule has 2 aliphatic carbocycles. The second kappa shape index (κ2) is 8.56. The van der Waals surface area contributed by atoms with Crippen molar-refractivity contribution in [3.63, 3.8) is 0 Å². The molecule has 3 atom stereocenters. The normalized spacial score (nSPS) is 27.4. The molecule has 0 bridgehead atoms. The molecule has 0 amide bonds. The van der Waals surface area contributed by atoms with Gasteiger partial charge in [0.05, 0.1) is 0 Å². The van der Waals surface area contributed by atoms with E-state index < -0.39 is 8.24 Å². The van der Waals surface area contributed by atoms with E-state index in [1.807, 2.05) is 0 Å². The minimum absolute atomic E-state index is 0.163. The van der Waals surface area contributed by atoms with E-state index in [-0.39, 0.29) is 10.8 Å². The van der Waals surface area contributed by atoms with Crippen molar-refractivity contribution in [1.29, 1.82) is 0 Å². The Labute approximate surface area is 198 Å². The first-order valence-electron chi connectivity index (χ1n) is 12.9. The zero-order valence-electron chi connectivity index (χ0n) is 21.9. The van der Waals surface area contributed by atoms with Crippen LogP contribution in [0.3, 0.4) is 0 Å². The SMILES string of the molecule is CC(C)(C)c1cc(C2=CC=CC3C2CCC3[Si](C)(C)N2CCNCC2)cc(C(C)(C)C)c1. The fourth-order valence-corrected chi connectivity index (χ4v) is 10.3. The molecule has 3 aliphatic rings. The predicted octanol–water partition coefficient (Wildman–Crippen LogP) is 6.74. The highest BCUT2D eigenvalue weighted by atomic mass is 28.3. The van der Waals surface area contributed by atoms with Gasteiger partial charge >= 0.3 is 0 Å². The molecule has 0 aromatic heterocycles. The molecule has 0 radical (unpaired) electrons. The van der Waals surface area contributed by atoms with Gasteiger partial charge < -0.3 is 9.88 Å². The van der Waals surface area contributed by atoms with Gasteiger partial charge in [0.25, 0.3) is 0 Å². The maximum absolute atomic E-state index is 3.55. The highest BCUT2D eigenvalue weighted by Gasteiger charge is 2.48. The fourth-order valence-electron chi connectivity index (χ4n) is 6.34. The zero-order valence-corrected chi connectivity index (χ0v) is 22.9. The number of nitrogens with one attached hydrogen (secondary N) is 1. The second-order valence-corrected chi connectivity index (χ2v) is 17.7. The number of benzene rings is 1. The molecule has 4 rings (SSSR count).